The molecule has 0 amide bonds. The number of aliphatic hydroxyl groups is 3. The molecule has 0 aromatic carbocycles. The lowest BCUT2D eigenvalue weighted by atomic mass is 10.00. The number of pyridine rings is 1. The van der Waals surface area contributed by atoms with Crippen LogP contribution in [0, 0.1) is 5.92 Å². The number of hydrogen-bond donors (Lipinski definition) is 3. The minimum atomic E-state index is -4.41. The highest BCUT2D eigenvalue weighted by molar-refractivity contribution is 5.47. The van der Waals surface area contributed by atoms with E-state index in [9.17, 15) is 28.5 Å². The van der Waals surface area contributed by atoms with Gasteiger partial charge in [0.1, 0.15) is 6.10 Å². The van der Waals surface area contributed by atoms with Crippen molar-refractivity contribution in [1.29, 1.82) is 0 Å². The number of rotatable bonds is 3. The van der Waals surface area contributed by atoms with Crippen LogP contribution in [0.1, 0.15) is 12.0 Å². The standard InChI is InChI=1S/C16H22F3N3O3/c17-16(18,19)11-3-12(5-20-4-11)22-2-1-10(7-22)6-21-8-13(23)15(25)14(24)9-21/h3-5,10,13-15,23-25H,1-2,6-9H2/t10-,13-,14+,15+/m1/s1. The van der Waals surface area contributed by atoms with Crippen LogP contribution in [0.2, 0.25) is 0 Å². The molecule has 0 unspecified atom stereocenters. The summed E-state index contributed by atoms with van der Waals surface area (Å²) in [6.07, 6.45) is -4.47. The summed E-state index contributed by atoms with van der Waals surface area (Å²) in [7, 11) is 0. The molecule has 0 spiro atoms. The fourth-order valence-electron chi connectivity index (χ4n) is 3.56. The Kier molecular flexibility index (Phi) is 5.19. The van der Waals surface area contributed by atoms with Crippen molar-refractivity contribution in [3.05, 3.63) is 24.0 Å². The molecule has 140 valence electrons. The third-order valence-corrected chi connectivity index (χ3v) is 4.90. The monoisotopic (exact) mass is 361 g/mol. The van der Waals surface area contributed by atoms with Gasteiger partial charge in [0, 0.05) is 38.9 Å². The van der Waals surface area contributed by atoms with Gasteiger partial charge in [0.2, 0.25) is 0 Å². The van der Waals surface area contributed by atoms with Gasteiger partial charge in [0.15, 0.2) is 0 Å². The third kappa shape index (κ3) is 4.22. The van der Waals surface area contributed by atoms with Crippen molar-refractivity contribution < 1.29 is 28.5 Å². The average molecular weight is 361 g/mol. The number of alkyl halides is 3. The van der Waals surface area contributed by atoms with Gasteiger partial charge in [-0.3, -0.25) is 9.88 Å². The summed E-state index contributed by atoms with van der Waals surface area (Å²) in [5.41, 5.74) is -0.309. The highest BCUT2D eigenvalue weighted by atomic mass is 19.4. The highest BCUT2D eigenvalue weighted by Crippen LogP contribution is 2.32. The van der Waals surface area contributed by atoms with E-state index in [-0.39, 0.29) is 19.0 Å². The Morgan fingerprint density at radius 2 is 1.76 bits per heavy atom. The van der Waals surface area contributed by atoms with Gasteiger partial charge in [-0.05, 0) is 18.4 Å². The summed E-state index contributed by atoms with van der Waals surface area (Å²) < 4.78 is 38.4. The van der Waals surface area contributed by atoms with Crippen molar-refractivity contribution in [2.75, 3.05) is 37.6 Å². The number of aromatic nitrogens is 1. The van der Waals surface area contributed by atoms with Crippen molar-refractivity contribution in [2.24, 2.45) is 5.92 Å². The number of halogens is 3. The molecule has 0 bridgehead atoms. The lowest BCUT2D eigenvalue weighted by molar-refractivity contribution is -0.137. The first kappa shape index (κ1) is 18.4. The first-order valence-corrected chi connectivity index (χ1v) is 8.28. The molecule has 2 saturated heterocycles. The van der Waals surface area contributed by atoms with Gasteiger partial charge in [-0.1, -0.05) is 0 Å². The van der Waals surface area contributed by atoms with E-state index in [1.54, 1.807) is 0 Å². The van der Waals surface area contributed by atoms with Gasteiger partial charge < -0.3 is 20.2 Å². The van der Waals surface area contributed by atoms with E-state index in [1.807, 2.05) is 9.80 Å². The number of likely N-dealkylation sites (tertiary alicyclic amines) is 1. The van der Waals surface area contributed by atoms with E-state index in [0.29, 0.717) is 25.3 Å². The second-order valence-corrected chi connectivity index (χ2v) is 6.87. The van der Waals surface area contributed by atoms with E-state index in [2.05, 4.69) is 4.98 Å². The second-order valence-electron chi connectivity index (χ2n) is 6.87. The largest absolute Gasteiger partial charge is 0.417 e. The number of β-amino-alcohol motifs (C(OH)–C–C–N with tert-alkyl or cyclic N) is 2. The molecule has 2 fully saturated rings. The Hall–Kier alpha value is -1.42. The smallest absolute Gasteiger partial charge is 0.389 e. The molecule has 2 aliphatic heterocycles. The van der Waals surface area contributed by atoms with Crippen LogP contribution < -0.4 is 4.90 Å². The summed E-state index contributed by atoms with van der Waals surface area (Å²) in [6.45, 7) is 2.40. The van der Waals surface area contributed by atoms with Crippen LogP contribution in [0.15, 0.2) is 18.5 Å². The van der Waals surface area contributed by atoms with E-state index in [0.717, 1.165) is 18.7 Å². The molecule has 0 aliphatic carbocycles. The van der Waals surface area contributed by atoms with Gasteiger partial charge in [-0.15, -0.1) is 0 Å². The van der Waals surface area contributed by atoms with Crippen LogP contribution in [0.4, 0.5) is 18.9 Å². The van der Waals surface area contributed by atoms with Crippen molar-refractivity contribution in [3.8, 4) is 0 Å². The molecule has 1 aromatic heterocycles. The minimum absolute atomic E-state index is 0.212. The molecular formula is C16H22F3N3O3. The molecule has 6 nitrogen and oxygen atoms in total. The maximum absolute atomic E-state index is 12.8. The average Bonchev–Trinajstić information content (AvgIpc) is 3.00. The molecule has 2 aliphatic rings. The Labute approximate surface area is 143 Å². The molecule has 9 heteroatoms. The predicted molar refractivity (Wildman–Crippen MR) is 84.0 cm³/mol. The van der Waals surface area contributed by atoms with Gasteiger partial charge >= 0.3 is 6.18 Å². The van der Waals surface area contributed by atoms with Crippen molar-refractivity contribution in [3.63, 3.8) is 0 Å². The molecular weight excluding hydrogens is 339 g/mol. The van der Waals surface area contributed by atoms with Crippen molar-refractivity contribution in [1.82, 2.24) is 9.88 Å². The van der Waals surface area contributed by atoms with Crippen molar-refractivity contribution in [2.45, 2.75) is 30.9 Å². The zero-order valence-electron chi connectivity index (χ0n) is 13.6. The summed E-state index contributed by atoms with van der Waals surface area (Å²) in [6, 6.07) is 1.11. The van der Waals surface area contributed by atoms with E-state index < -0.39 is 30.1 Å². The summed E-state index contributed by atoms with van der Waals surface area (Å²) in [4.78, 5) is 7.46. The lowest BCUT2D eigenvalue weighted by Gasteiger charge is -2.38. The summed E-state index contributed by atoms with van der Waals surface area (Å²) in [5, 5.41) is 29.1. The first-order chi connectivity index (χ1) is 11.7. The lowest BCUT2D eigenvalue weighted by Crippen LogP contribution is -2.56. The van der Waals surface area contributed by atoms with E-state index in [4.69, 9.17) is 0 Å². The molecule has 0 saturated carbocycles. The molecule has 3 N–H and O–H groups in total. The molecule has 25 heavy (non-hydrogen) atoms. The quantitative estimate of drug-likeness (QED) is 0.720. The fourth-order valence-corrected chi connectivity index (χ4v) is 3.56. The van der Waals surface area contributed by atoms with Crippen LogP contribution in [0.3, 0.4) is 0 Å². The maximum atomic E-state index is 12.8. The molecule has 1 aromatic rings. The first-order valence-electron chi connectivity index (χ1n) is 8.28. The molecule has 4 atom stereocenters. The zero-order chi connectivity index (χ0) is 18.2. The minimum Gasteiger partial charge on any atom is -0.389 e. The zero-order valence-corrected chi connectivity index (χ0v) is 13.6. The van der Waals surface area contributed by atoms with Crippen LogP contribution >= 0.6 is 0 Å². The van der Waals surface area contributed by atoms with Crippen LogP contribution in [0.25, 0.3) is 0 Å². The Morgan fingerprint density at radius 1 is 1.08 bits per heavy atom. The fraction of sp³-hybridized carbons (Fsp3) is 0.688. The second kappa shape index (κ2) is 7.06. The van der Waals surface area contributed by atoms with Crippen LogP contribution in [-0.4, -0.2) is 76.2 Å². The van der Waals surface area contributed by atoms with Gasteiger partial charge in [-0.2, -0.15) is 13.2 Å². The number of nitrogens with zero attached hydrogens (tertiary/aromatic N) is 3. The third-order valence-electron chi connectivity index (χ3n) is 4.90. The van der Waals surface area contributed by atoms with E-state index >= 15 is 0 Å². The predicted octanol–water partition coefficient (Wildman–Crippen LogP) is 0.325. The number of piperidine rings is 1. The van der Waals surface area contributed by atoms with Gasteiger partial charge in [0.25, 0.3) is 0 Å². The Bertz CT molecular complexity index is 589. The van der Waals surface area contributed by atoms with Crippen LogP contribution in [0.5, 0.6) is 0 Å². The van der Waals surface area contributed by atoms with Gasteiger partial charge in [0.05, 0.1) is 29.7 Å². The SMILES string of the molecule is O[C@H]1[C@H](O)CN(C[C@H]2CCN(c3cncc(C(F)(F)F)c3)C2)C[C@@H]1O. The molecule has 0 radical (unpaired) electrons. The molecule has 3 rings (SSSR count). The van der Waals surface area contributed by atoms with E-state index in [1.165, 1.54) is 6.20 Å². The normalized spacial score (nSPS) is 31.5. The van der Waals surface area contributed by atoms with Crippen LogP contribution in [-0.2, 0) is 6.18 Å². The number of hydrogen-bond acceptors (Lipinski definition) is 6. The number of aliphatic hydroxyl groups excluding tert-OH is 3. The Balaban J connectivity index is 1.59. The highest BCUT2D eigenvalue weighted by Gasteiger charge is 2.36. The summed E-state index contributed by atoms with van der Waals surface area (Å²) >= 11 is 0. The summed E-state index contributed by atoms with van der Waals surface area (Å²) in [5.74, 6) is 0.212. The van der Waals surface area contributed by atoms with Gasteiger partial charge in [-0.25, -0.2) is 0 Å². The topological polar surface area (TPSA) is 80.1 Å². The molecule has 3 heterocycles. The number of anilines is 1. The Morgan fingerprint density at radius 3 is 2.40 bits per heavy atom. The van der Waals surface area contributed by atoms with Crippen molar-refractivity contribution >= 4 is 5.69 Å². The maximum Gasteiger partial charge on any atom is 0.417 e.